The van der Waals surface area contributed by atoms with E-state index in [2.05, 4.69) is 25.6 Å². The summed E-state index contributed by atoms with van der Waals surface area (Å²) in [7, 11) is 0. The molecule has 0 radical (unpaired) electrons. The number of nitrogen functional groups attached to an aromatic ring is 1. The molecule has 0 aliphatic heterocycles. The highest BCUT2D eigenvalue weighted by molar-refractivity contribution is 8.01. The lowest BCUT2D eigenvalue weighted by atomic mass is 10.4. The second-order valence-electron chi connectivity index (χ2n) is 3.33. The molecule has 0 unspecified atom stereocenters. The molecular weight excluding hydrogens is 288 g/mol. The molecule has 92 valence electrons. The van der Waals surface area contributed by atoms with Gasteiger partial charge in [0.05, 0.1) is 0 Å². The highest BCUT2D eigenvalue weighted by Crippen LogP contribution is 2.35. The van der Waals surface area contributed by atoms with E-state index in [1.54, 1.807) is 11.3 Å². The van der Waals surface area contributed by atoms with Crippen molar-refractivity contribution in [2.75, 3.05) is 5.43 Å². The largest absolute Gasteiger partial charge is 0.292 e. The average Bonchev–Trinajstić information content (AvgIpc) is 2.98. The van der Waals surface area contributed by atoms with Gasteiger partial charge in [0.1, 0.15) is 14.9 Å². The minimum Gasteiger partial charge on any atom is -0.292 e. The molecule has 3 rings (SSSR count). The van der Waals surface area contributed by atoms with Crippen molar-refractivity contribution in [3.05, 3.63) is 16.5 Å². The highest BCUT2D eigenvalue weighted by atomic mass is 32.2. The highest BCUT2D eigenvalue weighted by Gasteiger charge is 2.12. The molecule has 0 atom stereocenters. The molecule has 3 aromatic heterocycles. The van der Waals surface area contributed by atoms with Crippen LogP contribution in [0.2, 0.25) is 0 Å². The van der Waals surface area contributed by atoms with Crippen LogP contribution in [0.4, 0.5) is 5.95 Å². The Balaban J connectivity index is 2.06. The molecule has 0 aliphatic carbocycles. The third-order valence-electron chi connectivity index (χ3n) is 2.11. The van der Waals surface area contributed by atoms with E-state index in [0.717, 1.165) is 24.6 Å². The molecular formula is C9H8N6S3. The van der Waals surface area contributed by atoms with Gasteiger partial charge in [-0.15, -0.1) is 21.5 Å². The summed E-state index contributed by atoms with van der Waals surface area (Å²) in [6.45, 7) is 1.93. The monoisotopic (exact) mass is 296 g/mol. The second-order valence-corrected chi connectivity index (χ2v) is 6.64. The normalized spacial score (nSPS) is 11.0. The summed E-state index contributed by atoms with van der Waals surface area (Å²) < 4.78 is 0.863. The number of hydrazine groups is 1. The number of hydrogen-bond donors (Lipinski definition) is 2. The van der Waals surface area contributed by atoms with Crippen molar-refractivity contribution in [3.8, 4) is 0 Å². The Kier molecular flexibility index (Phi) is 3.12. The predicted molar refractivity (Wildman–Crippen MR) is 74.0 cm³/mol. The first-order valence-corrected chi connectivity index (χ1v) is 7.47. The second kappa shape index (κ2) is 4.76. The zero-order chi connectivity index (χ0) is 12.5. The van der Waals surface area contributed by atoms with Gasteiger partial charge in [-0.1, -0.05) is 11.3 Å². The first-order chi connectivity index (χ1) is 8.76. The van der Waals surface area contributed by atoms with E-state index in [1.165, 1.54) is 23.1 Å². The van der Waals surface area contributed by atoms with E-state index in [4.69, 9.17) is 5.84 Å². The number of anilines is 1. The van der Waals surface area contributed by atoms with Gasteiger partial charge in [-0.2, -0.15) is 0 Å². The smallest absolute Gasteiger partial charge is 0.239 e. The van der Waals surface area contributed by atoms with Gasteiger partial charge in [-0.05, 0) is 30.1 Å². The van der Waals surface area contributed by atoms with E-state index >= 15 is 0 Å². The molecule has 3 N–H and O–H groups in total. The number of fused-ring (bicyclic) bond motifs is 1. The van der Waals surface area contributed by atoms with Crippen LogP contribution in [-0.2, 0) is 0 Å². The lowest BCUT2D eigenvalue weighted by Gasteiger charge is -2.02. The average molecular weight is 296 g/mol. The molecule has 0 saturated heterocycles. The third-order valence-corrected chi connectivity index (χ3v) is 4.81. The molecule has 18 heavy (non-hydrogen) atoms. The van der Waals surface area contributed by atoms with Crippen LogP contribution in [0.3, 0.4) is 0 Å². The summed E-state index contributed by atoms with van der Waals surface area (Å²) in [6, 6.07) is 2.00. The van der Waals surface area contributed by atoms with Crippen molar-refractivity contribution in [3.63, 3.8) is 0 Å². The van der Waals surface area contributed by atoms with Crippen molar-refractivity contribution in [2.24, 2.45) is 5.84 Å². The number of thiophene rings is 1. The fraction of sp³-hybridized carbons (Fsp3) is 0.111. The third kappa shape index (κ3) is 2.17. The Hall–Kier alpha value is -1.29. The number of hydrogen-bond acceptors (Lipinski definition) is 9. The minimum absolute atomic E-state index is 0.411. The number of nitrogens with two attached hydrogens (primary N) is 1. The fourth-order valence-corrected chi connectivity index (χ4v) is 4.04. The molecule has 0 bridgehead atoms. The van der Waals surface area contributed by atoms with Gasteiger partial charge in [0.15, 0.2) is 4.34 Å². The van der Waals surface area contributed by atoms with Gasteiger partial charge in [0, 0.05) is 5.39 Å². The van der Waals surface area contributed by atoms with Crippen molar-refractivity contribution < 1.29 is 0 Å². The van der Waals surface area contributed by atoms with Crippen LogP contribution in [0.15, 0.2) is 20.8 Å². The molecule has 0 spiro atoms. The van der Waals surface area contributed by atoms with E-state index in [0.29, 0.717) is 5.95 Å². The molecule has 9 heteroatoms. The fourth-order valence-electron chi connectivity index (χ4n) is 1.37. The summed E-state index contributed by atoms with van der Waals surface area (Å²) in [6.07, 6.45) is 0. The Morgan fingerprint density at radius 3 is 2.94 bits per heavy atom. The van der Waals surface area contributed by atoms with E-state index in [-0.39, 0.29) is 0 Å². The lowest BCUT2D eigenvalue weighted by Crippen LogP contribution is -2.10. The van der Waals surface area contributed by atoms with E-state index in [1.807, 2.05) is 18.4 Å². The van der Waals surface area contributed by atoms with Crippen LogP contribution >= 0.6 is 34.4 Å². The van der Waals surface area contributed by atoms with Gasteiger partial charge < -0.3 is 0 Å². The van der Waals surface area contributed by atoms with Crippen LogP contribution in [0.25, 0.3) is 10.2 Å². The number of nitrogens with zero attached hydrogens (tertiary/aromatic N) is 4. The summed E-state index contributed by atoms with van der Waals surface area (Å²) in [5, 5.41) is 12.8. The topological polar surface area (TPSA) is 89.6 Å². The molecule has 0 aliphatic rings. The molecule has 0 fully saturated rings. The number of rotatable bonds is 3. The first kappa shape index (κ1) is 11.8. The SMILES string of the molecule is Cc1nnc(Sc2nc(NN)nc3sccc23)s1. The minimum atomic E-state index is 0.411. The molecule has 0 amide bonds. The summed E-state index contributed by atoms with van der Waals surface area (Å²) in [5.41, 5.74) is 2.48. The summed E-state index contributed by atoms with van der Waals surface area (Å²) >= 11 is 4.57. The van der Waals surface area contributed by atoms with Gasteiger partial charge in [0.2, 0.25) is 5.95 Å². The van der Waals surface area contributed by atoms with Gasteiger partial charge >= 0.3 is 0 Å². The van der Waals surface area contributed by atoms with E-state index < -0.39 is 0 Å². The number of nitrogens with one attached hydrogen (secondary N) is 1. The maximum absolute atomic E-state index is 5.37. The van der Waals surface area contributed by atoms with Crippen LogP contribution in [0, 0.1) is 6.92 Å². The molecule has 6 nitrogen and oxygen atoms in total. The summed E-state index contributed by atoms with van der Waals surface area (Å²) in [5.74, 6) is 5.78. The standard InChI is InChI=1S/C9H8N6S3/c1-4-14-15-9(17-4)18-7-5-2-3-16-6(5)11-8(12-7)13-10/h2-3H,10H2,1H3,(H,11,12,13). The van der Waals surface area contributed by atoms with Crippen molar-refractivity contribution in [1.82, 2.24) is 20.2 Å². The van der Waals surface area contributed by atoms with Crippen molar-refractivity contribution >= 4 is 50.6 Å². The van der Waals surface area contributed by atoms with E-state index in [9.17, 15) is 0 Å². The number of aryl methyl sites for hydroxylation is 1. The van der Waals surface area contributed by atoms with Crippen LogP contribution in [0.5, 0.6) is 0 Å². The zero-order valence-electron chi connectivity index (χ0n) is 9.25. The van der Waals surface area contributed by atoms with Gasteiger partial charge in [-0.3, -0.25) is 5.43 Å². The van der Waals surface area contributed by atoms with Crippen molar-refractivity contribution in [2.45, 2.75) is 16.3 Å². The Labute approximate surface area is 115 Å². The van der Waals surface area contributed by atoms with Crippen LogP contribution < -0.4 is 11.3 Å². The van der Waals surface area contributed by atoms with Gasteiger partial charge in [-0.25, -0.2) is 15.8 Å². The number of aromatic nitrogens is 4. The molecule has 0 aromatic carbocycles. The Morgan fingerprint density at radius 2 is 2.22 bits per heavy atom. The molecule has 3 heterocycles. The lowest BCUT2D eigenvalue weighted by molar-refractivity contribution is 0.980. The molecule has 0 saturated carbocycles. The van der Waals surface area contributed by atoms with Crippen molar-refractivity contribution in [1.29, 1.82) is 0 Å². The zero-order valence-corrected chi connectivity index (χ0v) is 11.7. The Bertz CT molecular complexity index is 690. The predicted octanol–water partition coefficient (Wildman–Crippen LogP) is 2.29. The maximum Gasteiger partial charge on any atom is 0.239 e. The molecule has 3 aromatic rings. The first-order valence-electron chi connectivity index (χ1n) is 4.96. The van der Waals surface area contributed by atoms with Crippen LogP contribution in [0.1, 0.15) is 5.01 Å². The summed E-state index contributed by atoms with van der Waals surface area (Å²) in [4.78, 5) is 9.55. The maximum atomic E-state index is 5.37. The quantitative estimate of drug-likeness (QED) is 0.435. The Morgan fingerprint density at radius 1 is 1.33 bits per heavy atom. The van der Waals surface area contributed by atoms with Gasteiger partial charge in [0.25, 0.3) is 0 Å². The van der Waals surface area contributed by atoms with Crippen LogP contribution in [-0.4, -0.2) is 20.2 Å².